The minimum Gasteiger partial charge on any atom is -0.489 e. The average Bonchev–Trinajstić information content (AvgIpc) is 3.11. The van der Waals surface area contributed by atoms with E-state index in [0.717, 1.165) is 57.4 Å². The number of H-pyrrole nitrogens is 1. The van der Waals surface area contributed by atoms with Gasteiger partial charge in [-0.25, -0.2) is 0 Å². The molecule has 0 aliphatic rings. The van der Waals surface area contributed by atoms with Gasteiger partial charge in [0.05, 0.1) is 6.04 Å². The lowest BCUT2D eigenvalue weighted by Gasteiger charge is -2.19. The fraction of sp³-hybridized carbons (Fsp3) is 0.192. The summed E-state index contributed by atoms with van der Waals surface area (Å²) in [5, 5.41) is 4.07. The standard InChI is InChI=1S/C26H26N2O2/c1-3-24(27-17-29)21-11-7-8-12-22(21)26-18(2)28-25-14-13-20(15-23(25)26)30-16-19-9-5-4-6-10-19/h4-15,17,24,28H,3,16H2,1-2H3,(H,27,29)/t24-/m0/s1. The van der Waals surface area contributed by atoms with Gasteiger partial charge < -0.3 is 15.0 Å². The molecular weight excluding hydrogens is 372 g/mol. The number of amides is 1. The highest BCUT2D eigenvalue weighted by molar-refractivity contribution is 5.99. The number of aromatic nitrogens is 1. The van der Waals surface area contributed by atoms with Crippen LogP contribution in [0.25, 0.3) is 22.0 Å². The smallest absolute Gasteiger partial charge is 0.207 e. The van der Waals surface area contributed by atoms with Crippen LogP contribution in [0.4, 0.5) is 0 Å². The molecule has 30 heavy (non-hydrogen) atoms. The van der Waals surface area contributed by atoms with Gasteiger partial charge in [-0.1, -0.05) is 61.5 Å². The Morgan fingerprint density at radius 1 is 1.03 bits per heavy atom. The second-order valence-electron chi connectivity index (χ2n) is 7.44. The Bertz CT molecular complexity index is 1150. The predicted octanol–water partition coefficient (Wildman–Crippen LogP) is 5.92. The molecule has 3 aromatic carbocycles. The van der Waals surface area contributed by atoms with Gasteiger partial charge >= 0.3 is 0 Å². The van der Waals surface area contributed by atoms with Crippen molar-refractivity contribution < 1.29 is 9.53 Å². The Labute approximate surface area is 176 Å². The Morgan fingerprint density at radius 3 is 2.57 bits per heavy atom. The fourth-order valence-corrected chi connectivity index (χ4v) is 4.02. The molecule has 4 rings (SSSR count). The molecule has 4 nitrogen and oxygen atoms in total. The summed E-state index contributed by atoms with van der Waals surface area (Å²) in [5.41, 5.74) is 6.70. The van der Waals surface area contributed by atoms with E-state index in [9.17, 15) is 4.79 Å². The van der Waals surface area contributed by atoms with E-state index in [-0.39, 0.29) is 6.04 Å². The molecule has 152 valence electrons. The topological polar surface area (TPSA) is 54.1 Å². The SMILES string of the molecule is CC[C@H](NC=O)c1ccccc1-c1c(C)[nH]c2ccc(OCc3ccccc3)cc12. The molecule has 1 heterocycles. The third-order valence-electron chi connectivity index (χ3n) is 5.49. The number of ether oxygens (including phenoxy) is 1. The summed E-state index contributed by atoms with van der Waals surface area (Å²) in [7, 11) is 0. The molecule has 2 N–H and O–H groups in total. The van der Waals surface area contributed by atoms with Crippen molar-refractivity contribution in [1.29, 1.82) is 0 Å². The largest absolute Gasteiger partial charge is 0.489 e. The molecule has 0 spiro atoms. The maximum Gasteiger partial charge on any atom is 0.207 e. The van der Waals surface area contributed by atoms with Crippen molar-refractivity contribution in [2.75, 3.05) is 0 Å². The van der Waals surface area contributed by atoms with Gasteiger partial charge in [0.1, 0.15) is 12.4 Å². The second kappa shape index (κ2) is 8.87. The molecule has 0 aliphatic carbocycles. The van der Waals surface area contributed by atoms with Crippen LogP contribution in [0.15, 0.2) is 72.8 Å². The Balaban J connectivity index is 1.75. The van der Waals surface area contributed by atoms with Gasteiger partial charge in [-0.15, -0.1) is 0 Å². The minimum absolute atomic E-state index is 0.0273. The third kappa shape index (κ3) is 3.94. The predicted molar refractivity (Wildman–Crippen MR) is 121 cm³/mol. The number of nitrogens with one attached hydrogen (secondary N) is 2. The molecule has 0 bridgehead atoms. The Hall–Kier alpha value is -3.53. The van der Waals surface area contributed by atoms with Crippen LogP contribution in [-0.4, -0.2) is 11.4 Å². The highest BCUT2D eigenvalue weighted by Crippen LogP contribution is 2.38. The van der Waals surface area contributed by atoms with Gasteiger partial charge in [0.2, 0.25) is 6.41 Å². The molecule has 0 unspecified atom stereocenters. The van der Waals surface area contributed by atoms with Crippen molar-refractivity contribution in [1.82, 2.24) is 10.3 Å². The van der Waals surface area contributed by atoms with E-state index in [1.807, 2.05) is 36.4 Å². The Kier molecular flexibility index (Phi) is 5.84. The summed E-state index contributed by atoms with van der Waals surface area (Å²) in [6.45, 7) is 4.70. The normalized spacial score (nSPS) is 11.9. The van der Waals surface area contributed by atoms with Crippen LogP contribution in [0, 0.1) is 6.92 Å². The molecule has 1 aromatic heterocycles. The van der Waals surface area contributed by atoms with E-state index < -0.39 is 0 Å². The summed E-state index contributed by atoms with van der Waals surface area (Å²) in [5.74, 6) is 0.835. The molecule has 4 heteroatoms. The first-order valence-electron chi connectivity index (χ1n) is 10.3. The molecule has 0 aliphatic heterocycles. The number of carbonyl (C=O) groups is 1. The van der Waals surface area contributed by atoms with Crippen molar-refractivity contribution >= 4 is 17.3 Å². The molecule has 0 fully saturated rings. The monoisotopic (exact) mass is 398 g/mol. The van der Waals surface area contributed by atoms with Crippen molar-refractivity contribution in [2.45, 2.75) is 32.9 Å². The van der Waals surface area contributed by atoms with Gasteiger partial charge in [0, 0.05) is 22.2 Å². The number of carbonyl (C=O) groups excluding carboxylic acids is 1. The van der Waals surface area contributed by atoms with Crippen LogP contribution in [0.1, 0.15) is 36.2 Å². The molecule has 1 atom stereocenters. The number of benzene rings is 3. The zero-order valence-electron chi connectivity index (χ0n) is 17.3. The summed E-state index contributed by atoms with van der Waals surface area (Å²) >= 11 is 0. The maximum atomic E-state index is 11.1. The molecular formula is C26H26N2O2. The summed E-state index contributed by atoms with van der Waals surface area (Å²) in [4.78, 5) is 14.6. The van der Waals surface area contributed by atoms with E-state index in [2.05, 4.69) is 60.5 Å². The van der Waals surface area contributed by atoms with Crippen LogP contribution in [0.3, 0.4) is 0 Å². The van der Waals surface area contributed by atoms with E-state index in [1.54, 1.807) is 0 Å². The molecule has 0 saturated heterocycles. The van der Waals surface area contributed by atoms with Crippen LogP contribution in [-0.2, 0) is 11.4 Å². The third-order valence-corrected chi connectivity index (χ3v) is 5.49. The van der Waals surface area contributed by atoms with E-state index in [0.29, 0.717) is 6.61 Å². The van der Waals surface area contributed by atoms with Crippen LogP contribution in [0.2, 0.25) is 0 Å². The summed E-state index contributed by atoms with van der Waals surface area (Å²) < 4.78 is 6.07. The molecule has 1 amide bonds. The lowest BCUT2D eigenvalue weighted by atomic mass is 9.92. The quantitative estimate of drug-likeness (QED) is 0.362. The van der Waals surface area contributed by atoms with E-state index in [1.165, 1.54) is 0 Å². The average molecular weight is 399 g/mol. The number of aromatic amines is 1. The molecule has 0 radical (unpaired) electrons. The van der Waals surface area contributed by atoms with Crippen LogP contribution < -0.4 is 10.1 Å². The fourth-order valence-electron chi connectivity index (χ4n) is 4.02. The maximum absolute atomic E-state index is 11.1. The first-order valence-corrected chi connectivity index (χ1v) is 10.3. The number of rotatable bonds is 8. The highest BCUT2D eigenvalue weighted by Gasteiger charge is 2.18. The lowest BCUT2D eigenvalue weighted by Crippen LogP contribution is -2.19. The first kappa shape index (κ1) is 19.8. The van der Waals surface area contributed by atoms with E-state index in [4.69, 9.17) is 4.74 Å². The summed E-state index contributed by atoms with van der Waals surface area (Å²) in [6, 6.07) is 24.6. The van der Waals surface area contributed by atoms with Gasteiger partial charge in [0.15, 0.2) is 0 Å². The minimum atomic E-state index is -0.0273. The van der Waals surface area contributed by atoms with Crippen molar-refractivity contribution in [3.05, 3.63) is 89.6 Å². The Morgan fingerprint density at radius 2 is 1.80 bits per heavy atom. The van der Waals surface area contributed by atoms with Gasteiger partial charge in [-0.05, 0) is 48.2 Å². The molecule has 0 saturated carbocycles. The van der Waals surface area contributed by atoms with E-state index >= 15 is 0 Å². The van der Waals surface area contributed by atoms with Gasteiger partial charge in [-0.3, -0.25) is 4.79 Å². The summed E-state index contributed by atoms with van der Waals surface area (Å²) in [6.07, 6.45) is 1.60. The van der Waals surface area contributed by atoms with Crippen molar-refractivity contribution in [2.24, 2.45) is 0 Å². The highest BCUT2D eigenvalue weighted by atomic mass is 16.5. The lowest BCUT2D eigenvalue weighted by molar-refractivity contribution is -0.110. The van der Waals surface area contributed by atoms with Crippen LogP contribution >= 0.6 is 0 Å². The number of hydrogen-bond donors (Lipinski definition) is 2. The number of fused-ring (bicyclic) bond motifs is 1. The van der Waals surface area contributed by atoms with Gasteiger partial charge in [0.25, 0.3) is 0 Å². The zero-order chi connectivity index (χ0) is 20.9. The van der Waals surface area contributed by atoms with Crippen molar-refractivity contribution in [3.63, 3.8) is 0 Å². The zero-order valence-corrected chi connectivity index (χ0v) is 17.3. The van der Waals surface area contributed by atoms with Crippen molar-refractivity contribution in [3.8, 4) is 16.9 Å². The number of hydrogen-bond acceptors (Lipinski definition) is 2. The molecule has 4 aromatic rings. The van der Waals surface area contributed by atoms with Gasteiger partial charge in [-0.2, -0.15) is 0 Å². The second-order valence-corrected chi connectivity index (χ2v) is 7.44. The number of aryl methyl sites for hydroxylation is 1. The first-order chi connectivity index (χ1) is 14.7. The van der Waals surface area contributed by atoms with Crippen LogP contribution in [0.5, 0.6) is 5.75 Å².